The molecule has 0 spiro atoms. The summed E-state index contributed by atoms with van der Waals surface area (Å²) < 4.78 is 55.2. The van der Waals surface area contributed by atoms with Crippen molar-refractivity contribution in [2.45, 2.75) is 36.6 Å². The average Bonchev–Trinajstić information content (AvgIpc) is 2.77. The summed E-state index contributed by atoms with van der Waals surface area (Å²) in [7, 11) is -7.08. The molecule has 9 heteroatoms. The van der Waals surface area contributed by atoms with Crippen molar-refractivity contribution in [3.63, 3.8) is 0 Å². The summed E-state index contributed by atoms with van der Waals surface area (Å²) in [5.41, 5.74) is 0.933. The maximum absolute atomic E-state index is 12.4. The van der Waals surface area contributed by atoms with E-state index in [1.165, 1.54) is 19.1 Å². The molecule has 2 rings (SSSR count). The molecule has 7 nitrogen and oxygen atoms in total. The van der Waals surface area contributed by atoms with Crippen molar-refractivity contribution >= 4 is 19.9 Å². The number of sulfonamides is 1. The zero-order valence-electron chi connectivity index (χ0n) is 13.2. The molecule has 0 radical (unpaired) electrons. The van der Waals surface area contributed by atoms with E-state index in [0.29, 0.717) is 5.56 Å². The fraction of sp³-hybridized carbons (Fsp3) is 0.357. The molecule has 126 valence electrons. The molecule has 23 heavy (non-hydrogen) atoms. The number of hydrogen-bond acceptors (Lipinski definition) is 6. The Hall–Kier alpha value is -1.71. The summed E-state index contributed by atoms with van der Waals surface area (Å²) in [6.45, 7) is 4.75. The molecule has 0 aliphatic rings. The minimum atomic E-state index is -3.79. The molecule has 0 saturated heterocycles. The van der Waals surface area contributed by atoms with Crippen LogP contribution in [0.5, 0.6) is 0 Å². The molecule has 2 aromatic rings. The van der Waals surface area contributed by atoms with Crippen LogP contribution in [0.15, 0.2) is 38.6 Å². The maximum Gasteiger partial charge on any atom is 0.246 e. The second-order valence-corrected chi connectivity index (χ2v) is 9.00. The normalized spacial score (nSPS) is 13.9. The zero-order chi connectivity index (χ0) is 17.4. The van der Waals surface area contributed by atoms with Gasteiger partial charge in [0.2, 0.25) is 10.0 Å². The summed E-state index contributed by atoms with van der Waals surface area (Å²) >= 11 is 0. The Labute approximate surface area is 135 Å². The van der Waals surface area contributed by atoms with Gasteiger partial charge in [-0.05, 0) is 38.5 Å². The lowest BCUT2D eigenvalue weighted by atomic mass is 10.1. The number of nitrogens with one attached hydrogen (secondary N) is 1. The Balaban J connectivity index is 2.27. The Morgan fingerprint density at radius 3 is 2.09 bits per heavy atom. The van der Waals surface area contributed by atoms with Gasteiger partial charge in [0.05, 0.1) is 4.90 Å². The fourth-order valence-electron chi connectivity index (χ4n) is 2.22. The smallest absolute Gasteiger partial charge is 0.246 e. The van der Waals surface area contributed by atoms with Crippen LogP contribution in [0.25, 0.3) is 0 Å². The number of aryl methyl sites for hydroxylation is 2. The maximum atomic E-state index is 12.4. The fourth-order valence-corrected chi connectivity index (χ4v) is 4.41. The first kappa shape index (κ1) is 17.6. The van der Waals surface area contributed by atoms with E-state index >= 15 is 0 Å². The molecule has 1 aromatic carbocycles. The number of aromatic nitrogens is 1. The highest BCUT2D eigenvalue weighted by atomic mass is 32.2. The van der Waals surface area contributed by atoms with Crippen molar-refractivity contribution in [3.8, 4) is 0 Å². The zero-order valence-corrected chi connectivity index (χ0v) is 14.8. The second kappa shape index (κ2) is 6.06. The molecule has 1 atom stereocenters. The molecule has 0 saturated carbocycles. The van der Waals surface area contributed by atoms with E-state index in [9.17, 15) is 16.8 Å². The SMILES string of the molecule is Cc1noc(C)c1S(=O)(=O)NC(C)c1ccc(S(C)(=O)=O)cc1. The van der Waals surface area contributed by atoms with E-state index in [1.807, 2.05) is 0 Å². The van der Waals surface area contributed by atoms with Crippen LogP contribution in [-0.4, -0.2) is 28.2 Å². The highest BCUT2D eigenvalue weighted by Gasteiger charge is 2.26. The molecule has 0 amide bonds. The van der Waals surface area contributed by atoms with Crippen LogP contribution >= 0.6 is 0 Å². The van der Waals surface area contributed by atoms with Crippen LogP contribution < -0.4 is 4.72 Å². The molecular weight excluding hydrogens is 340 g/mol. The van der Waals surface area contributed by atoms with Gasteiger partial charge < -0.3 is 4.52 Å². The first-order valence-corrected chi connectivity index (χ1v) is 10.1. The molecule has 0 aliphatic carbocycles. The van der Waals surface area contributed by atoms with Crippen molar-refractivity contribution in [2.24, 2.45) is 0 Å². The van der Waals surface area contributed by atoms with Crippen molar-refractivity contribution in [1.82, 2.24) is 9.88 Å². The van der Waals surface area contributed by atoms with Gasteiger partial charge in [0, 0.05) is 12.3 Å². The van der Waals surface area contributed by atoms with Gasteiger partial charge in [-0.3, -0.25) is 0 Å². The van der Waals surface area contributed by atoms with E-state index in [4.69, 9.17) is 4.52 Å². The predicted molar refractivity (Wildman–Crippen MR) is 84.3 cm³/mol. The largest absolute Gasteiger partial charge is 0.360 e. The van der Waals surface area contributed by atoms with E-state index in [-0.39, 0.29) is 21.2 Å². The lowest BCUT2D eigenvalue weighted by molar-refractivity contribution is 0.390. The van der Waals surface area contributed by atoms with Crippen molar-refractivity contribution in [3.05, 3.63) is 41.3 Å². The van der Waals surface area contributed by atoms with Crippen LogP contribution in [0.3, 0.4) is 0 Å². The highest BCUT2D eigenvalue weighted by Crippen LogP contribution is 2.22. The van der Waals surface area contributed by atoms with Gasteiger partial charge in [-0.15, -0.1) is 0 Å². The van der Waals surface area contributed by atoms with Gasteiger partial charge in [-0.2, -0.15) is 0 Å². The van der Waals surface area contributed by atoms with Crippen molar-refractivity contribution in [2.75, 3.05) is 6.26 Å². The monoisotopic (exact) mass is 358 g/mol. The number of benzene rings is 1. The number of nitrogens with zero attached hydrogens (tertiary/aromatic N) is 1. The summed E-state index contributed by atoms with van der Waals surface area (Å²) in [4.78, 5) is 0.208. The molecule has 0 bridgehead atoms. The molecule has 1 aromatic heterocycles. The number of sulfone groups is 1. The molecule has 0 aliphatic heterocycles. The van der Waals surface area contributed by atoms with Crippen LogP contribution in [0.1, 0.15) is 30.0 Å². The predicted octanol–water partition coefficient (Wildman–Crippen LogP) is 1.73. The first-order valence-electron chi connectivity index (χ1n) is 6.77. The van der Waals surface area contributed by atoms with E-state index < -0.39 is 25.9 Å². The summed E-state index contributed by atoms with van der Waals surface area (Å²) in [5.74, 6) is 0.217. The lowest BCUT2D eigenvalue weighted by Crippen LogP contribution is -2.27. The summed E-state index contributed by atoms with van der Waals surface area (Å²) in [6, 6.07) is 5.52. The third-order valence-electron chi connectivity index (χ3n) is 3.38. The highest BCUT2D eigenvalue weighted by molar-refractivity contribution is 7.90. The van der Waals surface area contributed by atoms with Crippen LogP contribution in [0, 0.1) is 13.8 Å². The van der Waals surface area contributed by atoms with E-state index in [1.54, 1.807) is 26.0 Å². The molecule has 1 heterocycles. The van der Waals surface area contributed by atoms with Crippen molar-refractivity contribution in [1.29, 1.82) is 0 Å². The lowest BCUT2D eigenvalue weighted by Gasteiger charge is -2.14. The number of rotatable bonds is 5. The van der Waals surface area contributed by atoms with Gasteiger partial charge in [0.1, 0.15) is 10.6 Å². The minimum Gasteiger partial charge on any atom is -0.360 e. The van der Waals surface area contributed by atoms with Crippen LogP contribution in [0.2, 0.25) is 0 Å². The molecule has 0 fully saturated rings. The van der Waals surface area contributed by atoms with Gasteiger partial charge in [-0.1, -0.05) is 17.3 Å². The van der Waals surface area contributed by atoms with E-state index in [2.05, 4.69) is 9.88 Å². The van der Waals surface area contributed by atoms with Crippen LogP contribution in [0.4, 0.5) is 0 Å². The Morgan fingerprint density at radius 2 is 1.65 bits per heavy atom. The van der Waals surface area contributed by atoms with E-state index in [0.717, 1.165) is 6.26 Å². The van der Waals surface area contributed by atoms with Gasteiger partial charge >= 0.3 is 0 Å². The third-order valence-corrected chi connectivity index (χ3v) is 6.29. The quantitative estimate of drug-likeness (QED) is 0.872. The average molecular weight is 358 g/mol. The number of hydrogen-bond donors (Lipinski definition) is 1. The summed E-state index contributed by atoms with van der Waals surface area (Å²) in [6.07, 6.45) is 1.12. The topological polar surface area (TPSA) is 106 Å². The molecule has 1 unspecified atom stereocenters. The Morgan fingerprint density at radius 1 is 1.09 bits per heavy atom. The minimum absolute atomic E-state index is 0.0251. The molecular formula is C14H18N2O5S2. The van der Waals surface area contributed by atoms with Crippen LogP contribution in [-0.2, 0) is 19.9 Å². The van der Waals surface area contributed by atoms with Gasteiger partial charge in [0.15, 0.2) is 15.6 Å². The molecule has 1 N–H and O–H groups in total. The Kier molecular flexibility index (Phi) is 4.65. The standard InChI is InChI=1S/C14H18N2O5S2/c1-9(12-5-7-13(8-6-12)22(4,17)18)16-23(19,20)14-10(2)15-21-11(14)3/h5-9,16H,1-4H3. The van der Waals surface area contributed by atoms with Crippen molar-refractivity contribution < 1.29 is 21.4 Å². The first-order chi connectivity index (χ1) is 10.5. The van der Waals surface area contributed by atoms with Gasteiger partial charge in [-0.25, -0.2) is 21.6 Å². The van der Waals surface area contributed by atoms with Gasteiger partial charge in [0.25, 0.3) is 0 Å². The Bertz CT molecular complexity index is 893. The summed E-state index contributed by atoms with van der Waals surface area (Å²) in [5, 5.41) is 3.64. The second-order valence-electron chi connectivity index (χ2n) is 5.34. The third kappa shape index (κ3) is 3.80.